The monoisotopic (exact) mass is 336 g/mol. The van der Waals surface area contributed by atoms with Crippen LogP contribution in [0.5, 0.6) is 0 Å². The first-order valence-corrected chi connectivity index (χ1v) is 7.82. The average molecular weight is 336 g/mol. The van der Waals surface area contributed by atoms with Gasteiger partial charge in [-0.05, 0) is 19.1 Å². The molecule has 2 heterocycles. The van der Waals surface area contributed by atoms with Crippen LogP contribution in [0.15, 0.2) is 28.8 Å². The Hall–Kier alpha value is -2.28. The van der Waals surface area contributed by atoms with E-state index in [1.807, 2.05) is 6.92 Å². The number of morpholine rings is 1. The quantitative estimate of drug-likeness (QED) is 0.861. The van der Waals surface area contributed by atoms with Crippen LogP contribution in [-0.2, 0) is 16.0 Å². The van der Waals surface area contributed by atoms with Gasteiger partial charge in [0, 0.05) is 25.5 Å². The van der Waals surface area contributed by atoms with Crippen LogP contribution in [0, 0.1) is 11.6 Å². The van der Waals surface area contributed by atoms with Gasteiger partial charge >= 0.3 is 0 Å². The van der Waals surface area contributed by atoms with Gasteiger partial charge in [0.05, 0.1) is 31.0 Å². The largest absolute Gasteiger partial charge is 0.441 e. The minimum atomic E-state index is -0.712. The van der Waals surface area contributed by atoms with E-state index in [0.29, 0.717) is 32.1 Å². The first-order valence-electron chi connectivity index (χ1n) is 7.82. The van der Waals surface area contributed by atoms with Gasteiger partial charge in [0.25, 0.3) is 0 Å². The molecule has 0 aliphatic carbocycles. The summed E-state index contributed by atoms with van der Waals surface area (Å²) in [4.78, 5) is 18.1. The summed E-state index contributed by atoms with van der Waals surface area (Å²) < 4.78 is 37.5. The summed E-state index contributed by atoms with van der Waals surface area (Å²) in [6, 6.07) is 3.31. The van der Waals surface area contributed by atoms with Gasteiger partial charge in [-0.3, -0.25) is 4.79 Å². The molecule has 7 heteroatoms. The first kappa shape index (κ1) is 16.6. The summed E-state index contributed by atoms with van der Waals surface area (Å²) in [7, 11) is 0. The number of carbonyl (C=O) groups is 1. The lowest BCUT2D eigenvalue weighted by Crippen LogP contribution is -2.47. The topological polar surface area (TPSA) is 55.6 Å². The molecule has 128 valence electrons. The maximum Gasteiger partial charge on any atom is 0.223 e. The second kappa shape index (κ2) is 7.09. The Balaban J connectivity index is 1.63. The lowest BCUT2D eigenvalue weighted by Gasteiger charge is -2.33. The average Bonchev–Trinajstić information content (AvgIpc) is 3.01. The van der Waals surface area contributed by atoms with E-state index in [2.05, 4.69) is 4.98 Å². The van der Waals surface area contributed by atoms with E-state index in [-0.39, 0.29) is 29.7 Å². The second-order valence-corrected chi connectivity index (χ2v) is 5.75. The van der Waals surface area contributed by atoms with E-state index in [4.69, 9.17) is 9.15 Å². The van der Waals surface area contributed by atoms with Crippen molar-refractivity contribution in [1.29, 1.82) is 0 Å². The van der Waals surface area contributed by atoms with Crippen molar-refractivity contribution in [2.24, 2.45) is 0 Å². The predicted octanol–water partition coefficient (Wildman–Crippen LogP) is 2.80. The summed E-state index contributed by atoms with van der Waals surface area (Å²) in [6.45, 7) is 3.61. The molecule has 1 atom stereocenters. The van der Waals surface area contributed by atoms with Crippen LogP contribution >= 0.6 is 0 Å². The summed E-state index contributed by atoms with van der Waals surface area (Å²) in [5.41, 5.74) is 0.142. The Bertz CT molecular complexity index is 732. The zero-order chi connectivity index (χ0) is 17.1. The standard InChI is InChI=1S/C17H18F2N2O3/c1-11-10-23-7-6-21(11)17(22)5-4-16-20-9-15(24-16)13-3-2-12(18)8-14(13)19/h2-3,8-9,11H,4-7,10H2,1H3. The highest BCUT2D eigenvalue weighted by atomic mass is 19.1. The van der Waals surface area contributed by atoms with Gasteiger partial charge in [0.2, 0.25) is 5.91 Å². The van der Waals surface area contributed by atoms with Gasteiger partial charge in [-0.2, -0.15) is 0 Å². The Morgan fingerprint density at radius 2 is 2.25 bits per heavy atom. The van der Waals surface area contributed by atoms with Crippen molar-refractivity contribution in [2.75, 3.05) is 19.8 Å². The minimum Gasteiger partial charge on any atom is -0.441 e. The Morgan fingerprint density at radius 3 is 3.00 bits per heavy atom. The minimum absolute atomic E-state index is 0.0125. The molecule has 0 saturated carbocycles. The number of aromatic nitrogens is 1. The molecule has 0 bridgehead atoms. The first-order chi connectivity index (χ1) is 11.5. The summed E-state index contributed by atoms with van der Waals surface area (Å²) in [6.07, 6.45) is 1.97. The van der Waals surface area contributed by atoms with E-state index in [1.54, 1.807) is 4.90 Å². The molecule has 1 aromatic heterocycles. The highest BCUT2D eigenvalue weighted by Gasteiger charge is 2.23. The van der Waals surface area contributed by atoms with Gasteiger partial charge in [-0.1, -0.05) is 0 Å². The molecule has 1 fully saturated rings. The van der Waals surface area contributed by atoms with Crippen molar-refractivity contribution in [1.82, 2.24) is 9.88 Å². The van der Waals surface area contributed by atoms with Crippen molar-refractivity contribution in [3.8, 4) is 11.3 Å². The van der Waals surface area contributed by atoms with Gasteiger partial charge in [0.15, 0.2) is 11.7 Å². The highest BCUT2D eigenvalue weighted by Crippen LogP contribution is 2.24. The fraction of sp³-hybridized carbons (Fsp3) is 0.412. The number of rotatable bonds is 4. The third-order valence-electron chi connectivity index (χ3n) is 3.99. The number of ether oxygens (including phenoxy) is 1. The molecule has 0 N–H and O–H groups in total. The predicted molar refractivity (Wildman–Crippen MR) is 82.2 cm³/mol. The summed E-state index contributed by atoms with van der Waals surface area (Å²) in [5.74, 6) is -0.784. The molecule has 1 unspecified atom stereocenters. The third kappa shape index (κ3) is 3.62. The van der Waals surface area contributed by atoms with Crippen LogP contribution in [0.4, 0.5) is 8.78 Å². The fourth-order valence-corrected chi connectivity index (χ4v) is 2.69. The van der Waals surface area contributed by atoms with Gasteiger partial charge < -0.3 is 14.1 Å². The van der Waals surface area contributed by atoms with Crippen LogP contribution < -0.4 is 0 Å². The Kier molecular flexibility index (Phi) is 4.89. The number of oxazole rings is 1. The van der Waals surface area contributed by atoms with Crippen molar-refractivity contribution < 1.29 is 22.7 Å². The van der Waals surface area contributed by atoms with Crippen molar-refractivity contribution in [3.05, 3.63) is 41.9 Å². The highest BCUT2D eigenvalue weighted by molar-refractivity contribution is 5.76. The maximum atomic E-state index is 13.7. The van der Waals surface area contributed by atoms with Gasteiger partial charge in [0.1, 0.15) is 11.6 Å². The summed E-state index contributed by atoms with van der Waals surface area (Å²) in [5, 5.41) is 0. The number of halogens is 2. The molecule has 1 aromatic carbocycles. The molecule has 1 saturated heterocycles. The number of benzene rings is 1. The van der Waals surface area contributed by atoms with Crippen LogP contribution in [0.2, 0.25) is 0 Å². The molecule has 24 heavy (non-hydrogen) atoms. The molecule has 0 spiro atoms. The maximum absolute atomic E-state index is 13.7. The normalized spacial score (nSPS) is 18.0. The molecular formula is C17H18F2N2O3. The molecular weight excluding hydrogens is 318 g/mol. The van der Waals surface area contributed by atoms with Crippen molar-refractivity contribution >= 4 is 5.91 Å². The zero-order valence-corrected chi connectivity index (χ0v) is 13.3. The van der Waals surface area contributed by atoms with E-state index in [1.165, 1.54) is 12.3 Å². The zero-order valence-electron chi connectivity index (χ0n) is 13.3. The van der Waals surface area contributed by atoms with Crippen LogP contribution in [0.25, 0.3) is 11.3 Å². The summed E-state index contributed by atoms with van der Waals surface area (Å²) >= 11 is 0. The lowest BCUT2D eigenvalue weighted by molar-refractivity contribution is -0.139. The smallest absolute Gasteiger partial charge is 0.223 e. The van der Waals surface area contributed by atoms with Crippen LogP contribution in [0.3, 0.4) is 0 Å². The van der Waals surface area contributed by atoms with Crippen LogP contribution in [0.1, 0.15) is 19.2 Å². The molecule has 1 aliphatic heterocycles. The van der Waals surface area contributed by atoms with Gasteiger partial charge in [-0.15, -0.1) is 0 Å². The SMILES string of the molecule is CC1COCCN1C(=O)CCc1ncc(-c2ccc(F)cc2F)o1. The number of aryl methyl sites for hydroxylation is 1. The van der Waals surface area contributed by atoms with E-state index in [9.17, 15) is 13.6 Å². The fourth-order valence-electron chi connectivity index (χ4n) is 2.69. The number of hydrogen-bond donors (Lipinski definition) is 0. The molecule has 2 aromatic rings. The number of hydrogen-bond acceptors (Lipinski definition) is 4. The van der Waals surface area contributed by atoms with Crippen molar-refractivity contribution in [2.45, 2.75) is 25.8 Å². The van der Waals surface area contributed by atoms with Crippen LogP contribution in [-0.4, -0.2) is 41.6 Å². The number of carbonyl (C=O) groups excluding carboxylic acids is 1. The molecule has 5 nitrogen and oxygen atoms in total. The van der Waals surface area contributed by atoms with Gasteiger partial charge in [-0.25, -0.2) is 13.8 Å². The van der Waals surface area contributed by atoms with E-state index < -0.39 is 11.6 Å². The Labute approximate surface area is 138 Å². The Morgan fingerprint density at radius 1 is 1.42 bits per heavy atom. The molecule has 0 radical (unpaired) electrons. The molecule has 1 amide bonds. The van der Waals surface area contributed by atoms with E-state index in [0.717, 1.165) is 12.1 Å². The second-order valence-electron chi connectivity index (χ2n) is 5.75. The lowest BCUT2D eigenvalue weighted by atomic mass is 10.2. The molecule has 3 rings (SSSR count). The number of nitrogens with zero attached hydrogens (tertiary/aromatic N) is 2. The van der Waals surface area contributed by atoms with E-state index >= 15 is 0 Å². The van der Waals surface area contributed by atoms with Crippen molar-refractivity contribution in [3.63, 3.8) is 0 Å². The molecule has 1 aliphatic rings. The third-order valence-corrected chi connectivity index (χ3v) is 3.99. The number of amides is 1.